The molecule has 2 heterocycles. The third kappa shape index (κ3) is 2.76. The Bertz CT molecular complexity index is 482. The number of rotatable bonds is 4. The fourth-order valence-electron chi connectivity index (χ4n) is 1.84. The topological polar surface area (TPSA) is 38.1 Å². The van der Waals surface area contributed by atoms with E-state index in [-0.39, 0.29) is 6.10 Å². The second-order valence-electron chi connectivity index (χ2n) is 4.39. The van der Waals surface area contributed by atoms with Crippen LogP contribution in [0.4, 0.5) is 0 Å². The molecule has 92 valence electrons. The highest BCUT2D eigenvalue weighted by molar-refractivity contribution is 7.12. The van der Waals surface area contributed by atoms with Crippen LogP contribution in [0.15, 0.2) is 18.3 Å². The highest BCUT2D eigenvalue weighted by Crippen LogP contribution is 2.28. The maximum Gasteiger partial charge on any atom is 0.0885 e. The van der Waals surface area contributed by atoms with Crippen LogP contribution in [0.25, 0.3) is 0 Å². The largest absolute Gasteiger partial charge is 0.388 e. The minimum absolute atomic E-state index is 0.359. The number of aryl methyl sites for hydroxylation is 4. The van der Waals surface area contributed by atoms with Gasteiger partial charge in [-0.15, -0.1) is 11.3 Å². The first kappa shape index (κ1) is 12.3. The monoisotopic (exact) mass is 250 g/mol. The lowest BCUT2D eigenvalue weighted by Gasteiger charge is -2.08. The number of nitrogens with zero attached hydrogens (tertiary/aromatic N) is 2. The first-order valence-corrected chi connectivity index (χ1v) is 6.61. The maximum absolute atomic E-state index is 10.1. The number of thiophene rings is 1. The lowest BCUT2D eigenvalue weighted by molar-refractivity contribution is 0.171. The van der Waals surface area contributed by atoms with Gasteiger partial charge in [0.25, 0.3) is 0 Å². The van der Waals surface area contributed by atoms with Gasteiger partial charge in [0.2, 0.25) is 0 Å². The maximum atomic E-state index is 10.1. The van der Waals surface area contributed by atoms with Crippen LogP contribution in [-0.2, 0) is 13.5 Å². The highest BCUT2D eigenvalue weighted by Gasteiger charge is 2.12. The Hall–Kier alpha value is -1.13. The zero-order valence-corrected chi connectivity index (χ0v) is 11.3. The molecule has 0 aromatic carbocycles. The summed E-state index contributed by atoms with van der Waals surface area (Å²) in [4.78, 5) is 2.36. The summed E-state index contributed by atoms with van der Waals surface area (Å²) in [5, 5.41) is 14.3. The number of aliphatic hydroxyl groups excluding tert-OH is 1. The Balaban J connectivity index is 1.98. The first-order valence-electron chi connectivity index (χ1n) is 5.80. The van der Waals surface area contributed by atoms with Crippen molar-refractivity contribution in [2.45, 2.75) is 32.8 Å². The van der Waals surface area contributed by atoms with Crippen molar-refractivity contribution in [3.05, 3.63) is 39.3 Å². The van der Waals surface area contributed by atoms with Crippen molar-refractivity contribution in [2.24, 2.45) is 7.05 Å². The zero-order valence-electron chi connectivity index (χ0n) is 10.5. The van der Waals surface area contributed by atoms with E-state index < -0.39 is 0 Å². The van der Waals surface area contributed by atoms with E-state index in [1.165, 1.54) is 10.4 Å². The van der Waals surface area contributed by atoms with Crippen LogP contribution in [0.1, 0.15) is 33.5 Å². The Labute approximate surface area is 106 Å². The normalized spacial score (nSPS) is 12.9. The summed E-state index contributed by atoms with van der Waals surface area (Å²) in [5.74, 6) is 0. The molecule has 2 aromatic heterocycles. The molecule has 3 nitrogen and oxygen atoms in total. The molecule has 1 N–H and O–H groups in total. The van der Waals surface area contributed by atoms with Crippen LogP contribution in [0, 0.1) is 13.8 Å². The van der Waals surface area contributed by atoms with E-state index in [2.05, 4.69) is 25.0 Å². The van der Waals surface area contributed by atoms with Crippen LogP contribution in [0.3, 0.4) is 0 Å². The minimum Gasteiger partial charge on any atom is -0.388 e. The predicted molar refractivity (Wildman–Crippen MR) is 70.3 cm³/mol. The van der Waals surface area contributed by atoms with Crippen LogP contribution in [-0.4, -0.2) is 14.9 Å². The standard InChI is InChI=1S/C13H18N2OS/c1-9-8-13(17-10(9)2)12(16)5-4-11-6-7-14-15(11)3/h6-8,12,16H,4-5H2,1-3H3. The van der Waals surface area contributed by atoms with Gasteiger partial charge in [-0.25, -0.2) is 0 Å². The van der Waals surface area contributed by atoms with Gasteiger partial charge in [0, 0.05) is 28.7 Å². The minimum atomic E-state index is -0.359. The van der Waals surface area contributed by atoms with Crippen LogP contribution < -0.4 is 0 Å². The molecule has 0 radical (unpaired) electrons. The van der Waals surface area contributed by atoms with Crippen LogP contribution >= 0.6 is 11.3 Å². The average Bonchev–Trinajstić information content (AvgIpc) is 2.83. The molecule has 0 bridgehead atoms. The van der Waals surface area contributed by atoms with Crippen molar-refractivity contribution >= 4 is 11.3 Å². The summed E-state index contributed by atoms with van der Waals surface area (Å²) in [5.41, 5.74) is 2.43. The van der Waals surface area contributed by atoms with Crippen LogP contribution in [0.2, 0.25) is 0 Å². The second kappa shape index (κ2) is 5.02. The molecule has 17 heavy (non-hydrogen) atoms. The highest BCUT2D eigenvalue weighted by atomic mass is 32.1. The first-order chi connectivity index (χ1) is 8.08. The van der Waals surface area contributed by atoms with Gasteiger partial charge in [-0.3, -0.25) is 4.68 Å². The lowest BCUT2D eigenvalue weighted by atomic mass is 10.1. The second-order valence-corrected chi connectivity index (χ2v) is 5.68. The van der Waals surface area contributed by atoms with Crippen molar-refractivity contribution in [3.63, 3.8) is 0 Å². The fraction of sp³-hybridized carbons (Fsp3) is 0.462. The quantitative estimate of drug-likeness (QED) is 0.906. The van der Waals surface area contributed by atoms with Crippen molar-refractivity contribution in [3.8, 4) is 0 Å². The van der Waals surface area contributed by atoms with Gasteiger partial charge in [-0.2, -0.15) is 5.10 Å². The summed E-state index contributed by atoms with van der Waals surface area (Å²) in [7, 11) is 1.93. The number of hydrogen-bond acceptors (Lipinski definition) is 3. The molecule has 2 rings (SSSR count). The van der Waals surface area contributed by atoms with E-state index in [0.717, 1.165) is 23.4 Å². The van der Waals surface area contributed by atoms with Crippen molar-refractivity contribution in [1.82, 2.24) is 9.78 Å². The van der Waals surface area contributed by atoms with Gasteiger partial charge in [-0.05, 0) is 44.4 Å². The predicted octanol–water partition coefficient (Wildman–Crippen LogP) is 2.76. The summed E-state index contributed by atoms with van der Waals surface area (Å²) in [6.45, 7) is 4.18. The number of aliphatic hydroxyl groups is 1. The molecule has 0 aliphatic carbocycles. The molecule has 0 saturated heterocycles. The van der Waals surface area contributed by atoms with Crippen molar-refractivity contribution < 1.29 is 5.11 Å². The lowest BCUT2D eigenvalue weighted by Crippen LogP contribution is -2.02. The molecular weight excluding hydrogens is 232 g/mol. The number of hydrogen-bond donors (Lipinski definition) is 1. The smallest absolute Gasteiger partial charge is 0.0885 e. The Morgan fingerprint density at radius 3 is 2.76 bits per heavy atom. The summed E-state index contributed by atoms with van der Waals surface area (Å²) in [6.07, 6.45) is 3.04. The average molecular weight is 250 g/mol. The van der Waals surface area contributed by atoms with E-state index >= 15 is 0 Å². The molecule has 0 fully saturated rings. The van der Waals surface area contributed by atoms with E-state index in [4.69, 9.17) is 0 Å². The van der Waals surface area contributed by atoms with E-state index in [0.29, 0.717) is 0 Å². The molecular formula is C13H18N2OS. The molecule has 0 aliphatic rings. The molecule has 4 heteroatoms. The Morgan fingerprint density at radius 1 is 1.47 bits per heavy atom. The summed E-state index contributed by atoms with van der Waals surface area (Å²) in [6, 6.07) is 4.09. The molecule has 1 unspecified atom stereocenters. The molecule has 2 aromatic rings. The molecule has 0 spiro atoms. The summed E-state index contributed by atoms with van der Waals surface area (Å²) < 4.78 is 1.86. The molecule has 1 atom stereocenters. The zero-order chi connectivity index (χ0) is 12.4. The van der Waals surface area contributed by atoms with Gasteiger partial charge in [0.05, 0.1) is 6.10 Å². The third-order valence-corrected chi connectivity index (χ3v) is 4.36. The van der Waals surface area contributed by atoms with E-state index in [9.17, 15) is 5.11 Å². The Kier molecular flexibility index (Phi) is 3.64. The number of aromatic nitrogens is 2. The van der Waals surface area contributed by atoms with Crippen molar-refractivity contribution in [2.75, 3.05) is 0 Å². The van der Waals surface area contributed by atoms with Crippen LogP contribution in [0.5, 0.6) is 0 Å². The van der Waals surface area contributed by atoms with Gasteiger partial charge in [0.15, 0.2) is 0 Å². The van der Waals surface area contributed by atoms with Crippen molar-refractivity contribution in [1.29, 1.82) is 0 Å². The Morgan fingerprint density at radius 2 is 2.24 bits per heavy atom. The third-order valence-electron chi connectivity index (χ3n) is 3.11. The molecule has 0 saturated carbocycles. The SMILES string of the molecule is Cc1cc(C(O)CCc2ccnn2C)sc1C. The summed E-state index contributed by atoms with van der Waals surface area (Å²) >= 11 is 1.69. The fourth-order valence-corrected chi connectivity index (χ4v) is 2.90. The van der Waals surface area contributed by atoms with E-state index in [1.54, 1.807) is 17.5 Å². The molecule has 0 amide bonds. The molecule has 0 aliphatic heterocycles. The van der Waals surface area contributed by atoms with Gasteiger partial charge < -0.3 is 5.11 Å². The van der Waals surface area contributed by atoms with E-state index in [1.807, 2.05) is 17.8 Å². The van der Waals surface area contributed by atoms with Gasteiger partial charge in [-0.1, -0.05) is 0 Å². The van der Waals surface area contributed by atoms with Gasteiger partial charge >= 0.3 is 0 Å². The van der Waals surface area contributed by atoms with Gasteiger partial charge in [0.1, 0.15) is 0 Å².